The molecule has 2 nitrogen and oxygen atoms in total. The molecule has 3 heteroatoms. The third kappa shape index (κ3) is 14.7. The molecule has 0 radical (unpaired) electrons. The van der Waals surface area contributed by atoms with Gasteiger partial charge >= 0.3 is 5.97 Å². The van der Waals surface area contributed by atoms with E-state index < -0.39 is 8.07 Å². The third-order valence-electron chi connectivity index (χ3n) is 2.32. The zero-order chi connectivity index (χ0) is 16.1. The topological polar surface area (TPSA) is 26.3 Å². The van der Waals surface area contributed by atoms with Gasteiger partial charge in [-0.1, -0.05) is 50.9 Å². The Morgan fingerprint density at radius 2 is 1.76 bits per heavy atom. The van der Waals surface area contributed by atoms with Crippen LogP contribution < -0.4 is 0 Å². The van der Waals surface area contributed by atoms with Crippen molar-refractivity contribution in [2.24, 2.45) is 0 Å². The van der Waals surface area contributed by atoms with E-state index in [-0.39, 0.29) is 5.97 Å². The fraction of sp³-hybridized carbons (Fsp3) is 0.500. The predicted octanol–water partition coefficient (Wildman–Crippen LogP) is 5.01. The van der Waals surface area contributed by atoms with Gasteiger partial charge in [0, 0.05) is 6.92 Å². The van der Waals surface area contributed by atoms with Crippen LogP contribution >= 0.6 is 0 Å². The number of unbranched alkanes of at least 4 members (excludes halogenated alkanes) is 1. The van der Waals surface area contributed by atoms with E-state index in [1.54, 1.807) is 0 Å². The van der Waals surface area contributed by atoms with Crippen molar-refractivity contribution in [3.05, 3.63) is 36.1 Å². The summed E-state index contributed by atoms with van der Waals surface area (Å²) in [5.41, 5.74) is 3.22. The molecule has 0 rings (SSSR count). The molecule has 0 N–H and O–H groups in total. The molecule has 0 heterocycles. The van der Waals surface area contributed by atoms with Gasteiger partial charge in [0.05, 0.1) is 0 Å². The van der Waals surface area contributed by atoms with Crippen LogP contribution in [0.2, 0.25) is 19.6 Å². The molecule has 0 aromatic heterocycles. The number of carbonyl (C=O) groups excluding carboxylic acids is 1. The number of allylic oxidation sites excluding steroid dienone is 6. The minimum absolute atomic E-state index is 0.314. The molecule has 21 heavy (non-hydrogen) atoms. The lowest BCUT2D eigenvalue weighted by Crippen LogP contribution is -2.16. The summed E-state index contributed by atoms with van der Waals surface area (Å²) in [5.74, 6) is 3.18. The highest BCUT2D eigenvalue weighted by atomic mass is 28.3. The molecule has 0 saturated heterocycles. The zero-order valence-corrected chi connectivity index (χ0v) is 15.0. The molecule has 0 spiro atoms. The first-order valence-corrected chi connectivity index (χ1v) is 11.1. The van der Waals surface area contributed by atoms with Gasteiger partial charge in [-0.05, 0) is 37.7 Å². The summed E-state index contributed by atoms with van der Waals surface area (Å²) >= 11 is 0. The van der Waals surface area contributed by atoms with Crippen LogP contribution in [-0.4, -0.2) is 14.0 Å². The van der Waals surface area contributed by atoms with E-state index in [1.165, 1.54) is 6.92 Å². The normalized spacial score (nSPS) is 12.5. The number of esters is 1. The maximum Gasteiger partial charge on any atom is 0.308 e. The summed E-state index contributed by atoms with van der Waals surface area (Å²) in [6.45, 7) is 10.0. The quantitative estimate of drug-likeness (QED) is 0.165. The molecule has 0 aromatic carbocycles. The molecule has 0 amide bonds. The largest absolute Gasteiger partial charge is 0.418 e. The molecule has 0 fully saturated rings. The second kappa shape index (κ2) is 11.2. The number of ether oxygens (including phenoxy) is 1. The lowest BCUT2D eigenvalue weighted by Gasteiger charge is -2.04. The maximum absolute atomic E-state index is 11.1. The first kappa shape index (κ1) is 19.5. The predicted molar refractivity (Wildman–Crippen MR) is 93.4 cm³/mol. The molecule has 0 aliphatic heterocycles. The third-order valence-corrected chi connectivity index (χ3v) is 3.19. The molecule has 0 aromatic rings. The molecule has 0 unspecified atom stereocenters. The molecule has 0 saturated carbocycles. The number of hydrogen-bond acceptors (Lipinski definition) is 2. The molecular formula is C18H28O2Si. The van der Waals surface area contributed by atoms with Crippen LogP contribution in [0.3, 0.4) is 0 Å². The van der Waals surface area contributed by atoms with Crippen LogP contribution in [0, 0.1) is 11.5 Å². The van der Waals surface area contributed by atoms with Gasteiger partial charge < -0.3 is 4.74 Å². The van der Waals surface area contributed by atoms with Gasteiger partial charge in [-0.15, -0.1) is 5.54 Å². The summed E-state index contributed by atoms with van der Waals surface area (Å²) in [7, 11) is -1.46. The minimum atomic E-state index is -1.46. The molecule has 0 atom stereocenters. The Morgan fingerprint density at radius 3 is 2.33 bits per heavy atom. The first-order chi connectivity index (χ1) is 9.85. The average Bonchev–Trinajstić information content (AvgIpc) is 2.37. The summed E-state index contributed by atoms with van der Waals surface area (Å²) in [6.07, 6.45) is 14.3. The monoisotopic (exact) mass is 304 g/mol. The fourth-order valence-corrected chi connectivity index (χ4v) is 1.89. The van der Waals surface area contributed by atoms with E-state index in [0.29, 0.717) is 5.76 Å². The maximum atomic E-state index is 11.1. The van der Waals surface area contributed by atoms with E-state index in [4.69, 9.17) is 4.74 Å². The highest BCUT2D eigenvalue weighted by molar-refractivity contribution is 6.83. The van der Waals surface area contributed by atoms with E-state index in [2.05, 4.69) is 62.3 Å². The number of carbonyl (C=O) groups is 1. The first-order valence-electron chi connectivity index (χ1n) is 7.57. The molecule has 0 aliphatic carbocycles. The number of hydrogen-bond donors (Lipinski definition) is 0. The standard InChI is InChI=1S/C18H28O2Si/c1-6-7-8-9-10-11-12-13-14-18(20-17(2)19)15-16-21(3,4)5/h7-8,10-11,14H,6,9,12-13H2,1-5H3/b8-7-,11-10-,18-14-. The molecule has 116 valence electrons. The van der Waals surface area contributed by atoms with Crippen molar-refractivity contribution in [3.63, 3.8) is 0 Å². The van der Waals surface area contributed by atoms with Gasteiger partial charge in [0.2, 0.25) is 0 Å². The van der Waals surface area contributed by atoms with Crippen LogP contribution in [-0.2, 0) is 9.53 Å². The average molecular weight is 305 g/mol. The van der Waals surface area contributed by atoms with Crippen molar-refractivity contribution in [1.29, 1.82) is 0 Å². The summed E-state index contributed by atoms with van der Waals surface area (Å²) in [6, 6.07) is 0. The minimum Gasteiger partial charge on any atom is -0.418 e. The van der Waals surface area contributed by atoms with E-state index in [1.807, 2.05) is 6.08 Å². The van der Waals surface area contributed by atoms with Gasteiger partial charge in [0.1, 0.15) is 8.07 Å². The van der Waals surface area contributed by atoms with Crippen molar-refractivity contribution in [2.45, 2.75) is 59.2 Å². The van der Waals surface area contributed by atoms with E-state index in [0.717, 1.165) is 25.7 Å². The van der Waals surface area contributed by atoms with Crippen molar-refractivity contribution < 1.29 is 9.53 Å². The Hall–Kier alpha value is -1.53. The summed E-state index contributed by atoms with van der Waals surface area (Å²) in [5, 5.41) is 0. The Labute approximate surface area is 131 Å². The van der Waals surface area contributed by atoms with E-state index in [9.17, 15) is 4.79 Å². The summed E-state index contributed by atoms with van der Waals surface area (Å²) < 4.78 is 5.14. The van der Waals surface area contributed by atoms with Crippen LogP contribution in [0.25, 0.3) is 0 Å². The molecular weight excluding hydrogens is 276 g/mol. The summed E-state index contributed by atoms with van der Waals surface area (Å²) in [4.78, 5) is 11.1. The van der Waals surface area contributed by atoms with Gasteiger partial charge in [-0.3, -0.25) is 4.79 Å². The van der Waals surface area contributed by atoms with Crippen molar-refractivity contribution >= 4 is 14.0 Å². The van der Waals surface area contributed by atoms with Gasteiger partial charge in [0.15, 0.2) is 5.76 Å². The zero-order valence-electron chi connectivity index (χ0n) is 14.0. The second-order valence-electron chi connectivity index (χ2n) is 5.83. The highest BCUT2D eigenvalue weighted by Crippen LogP contribution is 2.04. The Morgan fingerprint density at radius 1 is 1.10 bits per heavy atom. The number of rotatable bonds is 7. The second-order valence-corrected chi connectivity index (χ2v) is 10.6. The van der Waals surface area contributed by atoms with Crippen molar-refractivity contribution in [1.82, 2.24) is 0 Å². The Kier molecular flexibility index (Phi) is 10.3. The van der Waals surface area contributed by atoms with Crippen molar-refractivity contribution in [3.8, 4) is 11.5 Å². The SMILES string of the molecule is CC/C=C\C/C=C\CC/C=C(/C#C[Si](C)(C)C)OC(C)=O. The Balaban J connectivity index is 4.40. The van der Waals surface area contributed by atoms with Crippen LogP contribution in [0.5, 0.6) is 0 Å². The van der Waals surface area contributed by atoms with Gasteiger partial charge in [0.25, 0.3) is 0 Å². The van der Waals surface area contributed by atoms with Crippen LogP contribution in [0.4, 0.5) is 0 Å². The van der Waals surface area contributed by atoms with Gasteiger partial charge in [-0.2, -0.15) is 0 Å². The van der Waals surface area contributed by atoms with Crippen LogP contribution in [0.1, 0.15) is 39.5 Å². The van der Waals surface area contributed by atoms with Crippen LogP contribution in [0.15, 0.2) is 36.1 Å². The van der Waals surface area contributed by atoms with E-state index >= 15 is 0 Å². The smallest absolute Gasteiger partial charge is 0.308 e. The van der Waals surface area contributed by atoms with Crippen molar-refractivity contribution in [2.75, 3.05) is 0 Å². The molecule has 0 bridgehead atoms. The highest BCUT2D eigenvalue weighted by Gasteiger charge is 2.08. The molecule has 0 aliphatic rings. The fourth-order valence-electron chi connectivity index (χ4n) is 1.39. The Bertz CT molecular complexity index is 454. The lowest BCUT2D eigenvalue weighted by molar-refractivity contribution is -0.136. The lowest BCUT2D eigenvalue weighted by atomic mass is 10.2. The van der Waals surface area contributed by atoms with Gasteiger partial charge in [-0.25, -0.2) is 0 Å².